The van der Waals surface area contributed by atoms with Crippen molar-refractivity contribution in [2.24, 2.45) is 15.4 Å². The molecule has 32 heavy (non-hydrogen) atoms. The third kappa shape index (κ3) is 2.69. The molecule has 1 saturated heterocycles. The number of fused-ring (bicyclic) bond motifs is 5. The van der Waals surface area contributed by atoms with Gasteiger partial charge in [0.25, 0.3) is 0 Å². The van der Waals surface area contributed by atoms with Crippen LogP contribution < -0.4 is 4.90 Å². The molecule has 0 saturated carbocycles. The van der Waals surface area contributed by atoms with Crippen molar-refractivity contribution in [3.8, 4) is 5.82 Å². The summed E-state index contributed by atoms with van der Waals surface area (Å²) in [7, 11) is 0. The first kappa shape index (κ1) is 19.6. The minimum Gasteiger partial charge on any atom is -0.392 e. The van der Waals surface area contributed by atoms with E-state index in [0.29, 0.717) is 42.1 Å². The van der Waals surface area contributed by atoms with Crippen LogP contribution in [0.2, 0.25) is 0 Å². The van der Waals surface area contributed by atoms with E-state index in [4.69, 9.17) is 9.26 Å². The number of hydrogen-bond donors (Lipinski definition) is 1. The molecule has 1 aromatic carbocycles. The molecule has 3 aliphatic heterocycles. The molecule has 0 unspecified atom stereocenters. The summed E-state index contributed by atoms with van der Waals surface area (Å²) in [6, 6.07) is 1.80. The number of aliphatic hydroxyl groups excluding tert-OH is 1. The minimum absolute atomic E-state index is 0.0527. The molecule has 2 aromatic heterocycles. The average Bonchev–Trinajstić information content (AvgIpc) is 3.40. The molecule has 0 amide bonds. The molecule has 0 aliphatic carbocycles. The van der Waals surface area contributed by atoms with Gasteiger partial charge in [-0.25, -0.2) is 9.07 Å². The summed E-state index contributed by atoms with van der Waals surface area (Å²) in [6.45, 7) is 4.83. The number of halogens is 1. The van der Waals surface area contributed by atoms with Crippen molar-refractivity contribution in [1.82, 2.24) is 14.9 Å². The average molecular weight is 438 g/mol. The Balaban J connectivity index is 1.56. The van der Waals surface area contributed by atoms with E-state index in [2.05, 4.69) is 25.1 Å². The summed E-state index contributed by atoms with van der Waals surface area (Å²) in [6.07, 6.45) is 7.45. The number of aliphatic hydroxyl groups is 1. The standard InChI is InChI=1S/C22H23FN6O3/c1-12-6-28-18-15(4-22(9-24-11-25-10-22)20(28)13(2)31-12)3-16-19(17(18)23)32-27-21(16)29-7-14(8-30)5-26-29/h3,5,7,9-10,12-13,20,30H,4,6,8,11H2,1-2H3/t12-,13+,20-/m0/s1. The maximum absolute atomic E-state index is 16.0. The first-order valence-corrected chi connectivity index (χ1v) is 10.7. The number of anilines is 1. The van der Waals surface area contributed by atoms with E-state index in [1.54, 1.807) is 12.4 Å². The first-order valence-electron chi connectivity index (χ1n) is 10.7. The van der Waals surface area contributed by atoms with Crippen LogP contribution in [0.3, 0.4) is 0 Å². The third-order valence-electron chi connectivity index (χ3n) is 6.62. The van der Waals surface area contributed by atoms with Gasteiger partial charge in [0, 0.05) is 30.7 Å². The van der Waals surface area contributed by atoms with Gasteiger partial charge in [-0.05, 0) is 31.9 Å². The highest BCUT2D eigenvalue weighted by atomic mass is 19.1. The van der Waals surface area contributed by atoms with Crippen molar-refractivity contribution in [2.75, 3.05) is 18.1 Å². The zero-order chi connectivity index (χ0) is 22.0. The van der Waals surface area contributed by atoms with E-state index in [1.807, 2.05) is 32.3 Å². The van der Waals surface area contributed by atoms with Crippen molar-refractivity contribution in [3.05, 3.63) is 35.4 Å². The first-order chi connectivity index (χ1) is 15.5. The van der Waals surface area contributed by atoms with E-state index in [9.17, 15) is 5.11 Å². The Labute approximate surface area is 183 Å². The second kappa shape index (κ2) is 6.94. The molecule has 1 spiro atoms. The minimum atomic E-state index is -0.488. The lowest BCUT2D eigenvalue weighted by Crippen LogP contribution is -2.65. The van der Waals surface area contributed by atoms with Crippen molar-refractivity contribution in [3.63, 3.8) is 0 Å². The molecule has 3 aliphatic rings. The fraction of sp³-hybridized carbons (Fsp3) is 0.455. The number of ether oxygens (including phenoxy) is 1. The van der Waals surface area contributed by atoms with Gasteiger partial charge in [0.15, 0.2) is 5.82 Å². The smallest absolute Gasteiger partial charge is 0.206 e. The topological polar surface area (TPSA) is 101 Å². The summed E-state index contributed by atoms with van der Waals surface area (Å²) < 4.78 is 29.1. The maximum Gasteiger partial charge on any atom is 0.206 e. The van der Waals surface area contributed by atoms with Crippen LogP contribution in [0.25, 0.3) is 16.8 Å². The molecule has 0 bridgehead atoms. The highest BCUT2D eigenvalue weighted by Crippen LogP contribution is 2.47. The van der Waals surface area contributed by atoms with Crippen molar-refractivity contribution >= 4 is 29.1 Å². The fourth-order valence-electron chi connectivity index (χ4n) is 5.50. The van der Waals surface area contributed by atoms with Crippen LogP contribution in [0.5, 0.6) is 0 Å². The summed E-state index contributed by atoms with van der Waals surface area (Å²) in [4.78, 5) is 11.0. The van der Waals surface area contributed by atoms with Gasteiger partial charge < -0.3 is 19.3 Å². The van der Waals surface area contributed by atoms with Gasteiger partial charge in [0.2, 0.25) is 11.4 Å². The Bertz CT molecular complexity index is 1250. The fourth-order valence-corrected chi connectivity index (χ4v) is 5.50. The van der Waals surface area contributed by atoms with Crippen LogP contribution in [0.4, 0.5) is 10.1 Å². The lowest BCUT2D eigenvalue weighted by atomic mass is 9.69. The van der Waals surface area contributed by atoms with Gasteiger partial charge in [0.05, 0.1) is 47.5 Å². The third-order valence-corrected chi connectivity index (χ3v) is 6.62. The predicted molar refractivity (Wildman–Crippen MR) is 116 cm³/mol. The summed E-state index contributed by atoms with van der Waals surface area (Å²) >= 11 is 0. The van der Waals surface area contributed by atoms with Crippen LogP contribution in [-0.2, 0) is 17.8 Å². The molecule has 10 heteroatoms. The van der Waals surface area contributed by atoms with Gasteiger partial charge in [-0.1, -0.05) is 5.16 Å². The van der Waals surface area contributed by atoms with E-state index in [1.165, 1.54) is 4.68 Å². The molecule has 5 heterocycles. The molecule has 6 rings (SSSR count). The monoisotopic (exact) mass is 438 g/mol. The number of hydrogen-bond acceptors (Lipinski definition) is 8. The van der Waals surface area contributed by atoms with Gasteiger partial charge in [0.1, 0.15) is 6.67 Å². The lowest BCUT2D eigenvalue weighted by Gasteiger charge is -2.54. The van der Waals surface area contributed by atoms with Crippen molar-refractivity contribution in [1.29, 1.82) is 0 Å². The van der Waals surface area contributed by atoms with Crippen molar-refractivity contribution < 1.29 is 18.8 Å². The summed E-state index contributed by atoms with van der Waals surface area (Å²) in [5, 5.41) is 18.2. The Hall–Kier alpha value is -3.11. The van der Waals surface area contributed by atoms with Gasteiger partial charge in [-0.2, -0.15) is 5.10 Å². The summed E-state index contributed by atoms with van der Waals surface area (Å²) in [5.41, 5.74) is 1.60. The van der Waals surface area contributed by atoms with E-state index < -0.39 is 11.2 Å². The molecule has 0 radical (unpaired) electrons. The zero-order valence-corrected chi connectivity index (χ0v) is 17.8. The number of benzene rings is 1. The molecule has 3 aromatic rings. The van der Waals surface area contributed by atoms with E-state index in [-0.39, 0.29) is 30.4 Å². The van der Waals surface area contributed by atoms with Crippen LogP contribution in [0.1, 0.15) is 25.0 Å². The number of aromatic nitrogens is 3. The number of rotatable bonds is 2. The SMILES string of the molecule is C[C@H]1CN2c3c(cc4c(-n5cc(CO)cn5)noc4c3F)CC3(C=NCN=C3)[C@@H]2[C@@H](C)O1. The van der Waals surface area contributed by atoms with E-state index >= 15 is 4.39 Å². The van der Waals surface area contributed by atoms with Crippen molar-refractivity contribution in [2.45, 2.75) is 45.1 Å². The predicted octanol–water partition coefficient (Wildman–Crippen LogP) is 2.28. The van der Waals surface area contributed by atoms with Gasteiger partial charge >= 0.3 is 0 Å². The Morgan fingerprint density at radius 2 is 2.09 bits per heavy atom. The molecule has 9 nitrogen and oxygen atoms in total. The quantitative estimate of drug-likeness (QED) is 0.659. The molecule has 1 fully saturated rings. The number of morpholine rings is 1. The van der Waals surface area contributed by atoms with E-state index in [0.717, 1.165) is 5.56 Å². The maximum atomic E-state index is 16.0. The second-order valence-electron chi connectivity index (χ2n) is 8.84. The molecular weight excluding hydrogens is 415 g/mol. The Kier molecular flexibility index (Phi) is 4.25. The zero-order valence-electron chi connectivity index (χ0n) is 17.8. The highest BCUT2D eigenvalue weighted by molar-refractivity contribution is 5.96. The molecule has 3 atom stereocenters. The number of aliphatic imine (C=N–C) groups is 2. The Morgan fingerprint density at radius 3 is 2.84 bits per heavy atom. The molecular formula is C22H23FN6O3. The van der Waals surface area contributed by atoms with Crippen LogP contribution in [0, 0.1) is 11.2 Å². The Morgan fingerprint density at radius 1 is 1.28 bits per heavy atom. The summed E-state index contributed by atoms with van der Waals surface area (Å²) in [5.74, 6) is -0.0520. The van der Waals surface area contributed by atoms with Gasteiger partial charge in [-0.15, -0.1) is 0 Å². The highest BCUT2D eigenvalue weighted by Gasteiger charge is 2.52. The normalized spacial score (nSPS) is 26.0. The van der Waals surface area contributed by atoms with Crippen LogP contribution >= 0.6 is 0 Å². The second-order valence-corrected chi connectivity index (χ2v) is 8.84. The largest absolute Gasteiger partial charge is 0.392 e. The molecule has 166 valence electrons. The van der Waals surface area contributed by atoms with Gasteiger partial charge in [-0.3, -0.25) is 9.98 Å². The lowest BCUT2D eigenvalue weighted by molar-refractivity contribution is -0.0432. The van der Waals surface area contributed by atoms with Crippen LogP contribution in [0.15, 0.2) is 33.0 Å². The molecule has 1 N–H and O–H groups in total. The van der Waals surface area contributed by atoms with Crippen LogP contribution in [-0.4, -0.2) is 63.9 Å². The number of nitrogens with zero attached hydrogens (tertiary/aromatic N) is 6.